The molecule has 1 saturated carbocycles. The van der Waals surface area contributed by atoms with Crippen LogP contribution < -0.4 is 5.69 Å². The molecule has 2 aromatic heterocycles. The van der Waals surface area contributed by atoms with E-state index >= 15 is 0 Å². The SMILES string of the molecule is Cc1cc(C)c2c(Cn3c(=O)n(CC4(C(=O)O)CCCCC4)c4ccccc43)nsc2c1. The highest BCUT2D eigenvalue weighted by Crippen LogP contribution is 2.38. The van der Waals surface area contributed by atoms with Gasteiger partial charge in [0.2, 0.25) is 0 Å². The van der Waals surface area contributed by atoms with E-state index in [1.807, 2.05) is 24.3 Å². The number of nitrogens with zero attached hydrogens (tertiary/aromatic N) is 3. The summed E-state index contributed by atoms with van der Waals surface area (Å²) >= 11 is 1.46. The molecule has 1 N–H and O–H groups in total. The molecule has 0 spiro atoms. The second kappa shape index (κ2) is 7.89. The Morgan fingerprint density at radius 3 is 2.47 bits per heavy atom. The summed E-state index contributed by atoms with van der Waals surface area (Å²) in [4.78, 5) is 25.9. The van der Waals surface area contributed by atoms with Crippen LogP contribution in [0.15, 0.2) is 41.2 Å². The fourth-order valence-electron chi connectivity index (χ4n) is 5.33. The van der Waals surface area contributed by atoms with Crippen LogP contribution >= 0.6 is 11.5 Å². The topological polar surface area (TPSA) is 77.1 Å². The number of rotatable bonds is 5. The molecule has 0 amide bonds. The molecule has 0 radical (unpaired) electrons. The molecule has 2 aromatic carbocycles. The van der Waals surface area contributed by atoms with Gasteiger partial charge in [0.15, 0.2) is 0 Å². The van der Waals surface area contributed by atoms with Gasteiger partial charge < -0.3 is 5.11 Å². The number of hydrogen-bond donors (Lipinski definition) is 1. The molecule has 0 saturated heterocycles. The Kier molecular flexibility index (Phi) is 5.16. The molecule has 7 heteroatoms. The number of benzene rings is 2. The lowest BCUT2D eigenvalue weighted by molar-refractivity contribution is -0.152. The van der Waals surface area contributed by atoms with Gasteiger partial charge in [-0.25, -0.2) is 4.79 Å². The second-order valence-electron chi connectivity index (χ2n) is 9.17. The van der Waals surface area contributed by atoms with Crippen molar-refractivity contribution in [2.75, 3.05) is 0 Å². The zero-order chi connectivity index (χ0) is 22.5. The fraction of sp³-hybridized carbons (Fsp3) is 0.400. The third-order valence-electron chi connectivity index (χ3n) is 6.94. The average molecular weight is 450 g/mol. The average Bonchev–Trinajstić information content (AvgIpc) is 3.29. The number of hydrogen-bond acceptors (Lipinski definition) is 4. The summed E-state index contributed by atoms with van der Waals surface area (Å²) in [7, 11) is 0. The van der Waals surface area contributed by atoms with Crippen LogP contribution in [0.4, 0.5) is 0 Å². The number of aliphatic carboxylic acids is 1. The number of imidazole rings is 1. The summed E-state index contributed by atoms with van der Waals surface area (Å²) in [6.07, 6.45) is 4.07. The first-order valence-electron chi connectivity index (χ1n) is 11.2. The van der Waals surface area contributed by atoms with Crippen molar-refractivity contribution in [3.8, 4) is 0 Å². The van der Waals surface area contributed by atoms with Crippen LogP contribution in [0.3, 0.4) is 0 Å². The smallest absolute Gasteiger partial charge is 0.329 e. The van der Waals surface area contributed by atoms with E-state index in [0.29, 0.717) is 19.4 Å². The van der Waals surface area contributed by atoms with Gasteiger partial charge in [-0.15, -0.1) is 0 Å². The van der Waals surface area contributed by atoms with Crippen molar-refractivity contribution >= 4 is 38.6 Å². The molecular weight excluding hydrogens is 422 g/mol. The minimum Gasteiger partial charge on any atom is -0.481 e. The number of carbonyl (C=O) groups is 1. The predicted molar refractivity (Wildman–Crippen MR) is 128 cm³/mol. The lowest BCUT2D eigenvalue weighted by Gasteiger charge is -2.33. The molecule has 0 unspecified atom stereocenters. The van der Waals surface area contributed by atoms with Crippen LogP contribution in [0.2, 0.25) is 0 Å². The van der Waals surface area contributed by atoms with Crippen molar-refractivity contribution < 1.29 is 9.90 Å². The molecule has 1 aliphatic carbocycles. The Morgan fingerprint density at radius 1 is 1.09 bits per heavy atom. The maximum atomic E-state index is 13.6. The van der Waals surface area contributed by atoms with E-state index in [1.165, 1.54) is 17.1 Å². The van der Waals surface area contributed by atoms with E-state index in [4.69, 9.17) is 0 Å². The Bertz CT molecular complexity index is 1390. The van der Waals surface area contributed by atoms with Gasteiger partial charge in [-0.1, -0.05) is 37.5 Å². The number of carboxylic acid groups (broad SMARTS) is 1. The molecule has 2 heterocycles. The Morgan fingerprint density at radius 2 is 1.78 bits per heavy atom. The zero-order valence-corrected chi connectivity index (χ0v) is 19.2. The standard InChI is InChI=1S/C25H27N3O3S/c1-16-12-17(2)22-18(26-32-21(22)13-16)14-27-19-8-4-5-9-20(19)28(24(27)31)15-25(23(29)30)10-6-3-7-11-25/h4-5,8-9,12-13H,3,6-7,10-11,14-15H2,1-2H3,(H,29,30). The van der Waals surface area contributed by atoms with E-state index in [2.05, 4.69) is 30.4 Å². The predicted octanol–water partition coefficient (Wildman–Crippen LogP) is 5.11. The molecule has 166 valence electrons. The van der Waals surface area contributed by atoms with Crippen molar-refractivity contribution in [3.63, 3.8) is 0 Å². The van der Waals surface area contributed by atoms with E-state index in [0.717, 1.165) is 51.6 Å². The maximum absolute atomic E-state index is 13.6. The van der Waals surface area contributed by atoms with Gasteiger partial charge in [0.1, 0.15) is 0 Å². The first kappa shape index (κ1) is 20.9. The highest BCUT2D eigenvalue weighted by Gasteiger charge is 2.41. The second-order valence-corrected chi connectivity index (χ2v) is 9.98. The summed E-state index contributed by atoms with van der Waals surface area (Å²) < 4.78 is 9.24. The van der Waals surface area contributed by atoms with E-state index in [9.17, 15) is 14.7 Å². The summed E-state index contributed by atoms with van der Waals surface area (Å²) in [6, 6.07) is 12.0. The first-order valence-corrected chi connectivity index (χ1v) is 11.9. The number of fused-ring (bicyclic) bond motifs is 2. The number of para-hydroxylation sites is 2. The minimum absolute atomic E-state index is 0.164. The van der Waals surface area contributed by atoms with Gasteiger partial charge in [0.05, 0.1) is 33.4 Å². The Labute approximate surface area is 190 Å². The van der Waals surface area contributed by atoms with Crippen LogP contribution in [0.1, 0.15) is 48.9 Å². The normalized spacial score (nSPS) is 16.1. The third-order valence-corrected chi connectivity index (χ3v) is 7.77. The maximum Gasteiger partial charge on any atom is 0.329 e. The molecule has 0 bridgehead atoms. The molecule has 0 atom stereocenters. The number of carboxylic acids is 1. The van der Waals surface area contributed by atoms with Gasteiger partial charge in [-0.3, -0.25) is 13.9 Å². The summed E-state index contributed by atoms with van der Waals surface area (Å²) in [5, 5.41) is 11.2. The monoisotopic (exact) mass is 449 g/mol. The van der Waals surface area contributed by atoms with Crippen molar-refractivity contribution in [1.82, 2.24) is 13.5 Å². The molecule has 0 aliphatic heterocycles. The van der Waals surface area contributed by atoms with Crippen LogP contribution in [-0.2, 0) is 17.9 Å². The summed E-state index contributed by atoms with van der Waals surface area (Å²) in [5.74, 6) is -0.794. The number of aryl methyl sites for hydroxylation is 2. The van der Waals surface area contributed by atoms with Crippen molar-refractivity contribution in [2.24, 2.45) is 5.41 Å². The van der Waals surface area contributed by atoms with E-state index < -0.39 is 11.4 Å². The molecule has 1 fully saturated rings. The molecule has 32 heavy (non-hydrogen) atoms. The van der Waals surface area contributed by atoms with Crippen molar-refractivity contribution in [1.29, 1.82) is 0 Å². The van der Waals surface area contributed by atoms with Gasteiger partial charge >= 0.3 is 11.7 Å². The highest BCUT2D eigenvalue weighted by molar-refractivity contribution is 7.13. The van der Waals surface area contributed by atoms with E-state index in [1.54, 1.807) is 9.13 Å². The largest absolute Gasteiger partial charge is 0.481 e. The van der Waals surface area contributed by atoms with Crippen LogP contribution in [-0.4, -0.2) is 24.6 Å². The lowest BCUT2D eigenvalue weighted by atomic mass is 9.74. The lowest BCUT2D eigenvalue weighted by Crippen LogP contribution is -2.40. The van der Waals surface area contributed by atoms with E-state index in [-0.39, 0.29) is 12.2 Å². The fourth-order valence-corrected chi connectivity index (χ4v) is 6.29. The third kappa shape index (κ3) is 3.35. The van der Waals surface area contributed by atoms with Crippen LogP contribution in [0.5, 0.6) is 0 Å². The molecule has 1 aliphatic rings. The molecule has 5 rings (SSSR count). The Balaban J connectivity index is 1.62. The van der Waals surface area contributed by atoms with Crippen molar-refractivity contribution in [3.05, 3.63) is 63.7 Å². The first-order chi connectivity index (χ1) is 15.4. The minimum atomic E-state index is -0.877. The van der Waals surface area contributed by atoms with Gasteiger partial charge in [0.25, 0.3) is 0 Å². The molecular formula is C25H27N3O3S. The molecule has 6 nitrogen and oxygen atoms in total. The highest BCUT2D eigenvalue weighted by atomic mass is 32.1. The summed E-state index contributed by atoms with van der Waals surface area (Å²) in [6.45, 7) is 4.74. The van der Waals surface area contributed by atoms with Gasteiger partial charge in [-0.05, 0) is 67.5 Å². The Hall–Kier alpha value is -2.93. The van der Waals surface area contributed by atoms with Crippen LogP contribution in [0, 0.1) is 19.3 Å². The molecule has 4 aromatic rings. The van der Waals surface area contributed by atoms with Gasteiger partial charge in [-0.2, -0.15) is 4.37 Å². The van der Waals surface area contributed by atoms with Crippen LogP contribution in [0.25, 0.3) is 21.1 Å². The quantitative estimate of drug-likeness (QED) is 0.459. The number of aromatic nitrogens is 3. The van der Waals surface area contributed by atoms with Crippen molar-refractivity contribution in [2.45, 2.75) is 59.0 Å². The summed E-state index contributed by atoms with van der Waals surface area (Å²) in [5.41, 5.74) is 3.81. The zero-order valence-electron chi connectivity index (χ0n) is 18.4. The van der Waals surface area contributed by atoms with Gasteiger partial charge in [0, 0.05) is 11.9 Å².